The van der Waals surface area contributed by atoms with Crippen molar-refractivity contribution in [2.75, 3.05) is 0 Å². The summed E-state index contributed by atoms with van der Waals surface area (Å²) in [4.78, 5) is 4.70. The number of rotatable bonds is 4. The maximum atomic E-state index is 9.76. The van der Waals surface area contributed by atoms with Crippen molar-refractivity contribution in [2.45, 2.75) is 39.7 Å². The number of aliphatic hydroxyl groups is 1. The van der Waals surface area contributed by atoms with Crippen molar-refractivity contribution in [3.63, 3.8) is 0 Å². The summed E-state index contributed by atoms with van der Waals surface area (Å²) in [7, 11) is 0. The summed E-state index contributed by atoms with van der Waals surface area (Å²) < 4.78 is 2.04. The van der Waals surface area contributed by atoms with Crippen LogP contribution in [0.5, 0.6) is 0 Å². The molecule has 0 saturated heterocycles. The molecule has 1 aromatic carbocycles. The highest BCUT2D eigenvalue weighted by atomic mass is 16.3. The Morgan fingerprint density at radius 2 is 1.82 bits per heavy atom. The van der Waals surface area contributed by atoms with Crippen LogP contribution in [0.4, 0.5) is 0 Å². The van der Waals surface area contributed by atoms with Crippen LogP contribution in [0.25, 0.3) is 5.65 Å². The Morgan fingerprint density at radius 1 is 1.09 bits per heavy atom. The Labute approximate surface area is 131 Å². The summed E-state index contributed by atoms with van der Waals surface area (Å²) in [5.41, 5.74) is 6.40. The number of imidazole rings is 1. The van der Waals surface area contributed by atoms with E-state index in [4.69, 9.17) is 4.98 Å². The van der Waals surface area contributed by atoms with Gasteiger partial charge in [-0.1, -0.05) is 44.2 Å². The number of aliphatic hydroxyl groups excluding tert-OH is 1. The van der Waals surface area contributed by atoms with Gasteiger partial charge in [0.2, 0.25) is 0 Å². The SMILES string of the molecule is Cc1cccc2nc(Cc3ccc(C(C)C)cc3)c(CO)n12. The molecule has 3 aromatic rings. The van der Waals surface area contributed by atoms with Crippen LogP contribution in [0.1, 0.15) is 48.0 Å². The van der Waals surface area contributed by atoms with E-state index in [1.165, 1.54) is 11.1 Å². The Balaban J connectivity index is 1.98. The van der Waals surface area contributed by atoms with Gasteiger partial charge in [0, 0.05) is 12.1 Å². The maximum Gasteiger partial charge on any atom is 0.137 e. The zero-order chi connectivity index (χ0) is 15.7. The average Bonchev–Trinajstić information content (AvgIpc) is 2.86. The molecular weight excluding hydrogens is 272 g/mol. The molecule has 0 aliphatic carbocycles. The second-order valence-electron chi connectivity index (χ2n) is 6.10. The number of nitrogens with zero attached hydrogens (tertiary/aromatic N) is 2. The van der Waals surface area contributed by atoms with Crippen molar-refractivity contribution in [1.29, 1.82) is 0 Å². The molecule has 2 heterocycles. The minimum atomic E-state index is 0.00539. The van der Waals surface area contributed by atoms with Crippen LogP contribution in [-0.2, 0) is 13.0 Å². The predicted octanol–water partition coefficient (Wildman–Crippen LogP) is 3.85. The van der Waals surface area contributed by atoms with E-state index in [0.29, 0.717) is 5.92 Å². The maximum absolute atomic E-state index is 9.76. The van der Waals surface area contributed by atoms with Gasteiger partial charge in [0.25, 0.3) is 0 Å². The van der Waals surface area contributed by atoms with Gasteiger partial charge >= 0.3 is 0 Å². The first kappa shape index (κ1) is 14.8. The van der Waals surface area contributed by atoms with Crippen molar-refractivity contribution in [1.82, 2.24) is 9.38 Å². The number of hydrogen-bond acceptors (Lipinski definition) is 2. The quantitative estimate of drug-likeness (QED) is 0.793. The molecule has 0 saturated carbocycles. The lowest BCUT2D eigenvalue weighted by Crippen LogP contribution is -2.00. The molecule has 22 heavy (non-hydrogen) atoms. The van der Waals surface area contributed by atoms with Crippen LogP contribution in [0.15, 0.2) is 42.5 Å². The van der Waals surface area contributed by atoms with E-state index in [0.717, 1.165) is 29.1 Å². The zero-order valence-corrected chi connectivity index (χ0v) is 13.4. The monoisotopic (exact) mass is 294 g/mol. The molecule has 2 aromatic heterocycles. The summed E-state index contributed by atoms with van der Waals surface area (Å²) >= 11 is 0. The minimum Gasteiger partial charge on any atom is -0.390 e. The van der Waals surface area contributed by atoms with E-state index >= 15 is 0 Å². The molecule has 0 unspecified atom stereocenters. The molecule has 0 fully saturated rings. The van der Waals surface area contributed by atoms with E-state index in [2.05, 4.69) is 38.1 Å². The Bertz CT molecular complexity index is 785. The van der Waals surface area contributed by atoms with Gasteiger partial charge in [-0.3, -0.25) is 4.40 Å². The molecule has 0 bridgehead atoms. The highest BCUT2D eigenvalue weighted by Gasteiger charge is 2.13. The molecule has 0 spiro atoms. The standard InChI is InChI=1S/C19H22N2O/c1-13(2)16-9-7-15(8-10-16)11-17-18(12-22)21-14(3)5-4-6-19(21)20-17/h4-10,13,22H,11-12H2,1-3H3. The third-order valence-electron chi connectivity index (χ3n) is 4.18. The second kappa shape index (κ2) is 5.93. The van der Waals surface area contributed by atoms with Crippen LogP contribution in [0.2, 0.25) is 0 Å². The molecule has 0 aliphatic rings. The third-order valence-corrected chi connectivity index (χ3v) is 4.18. The highest BCUT2D eigenvalue weighted by Crippen LogP contribution is 2.20. The molecule has 0 atom stereocenters. The molecular formula is C19H22N2O. The number of pyridine rings is 1. The predicted molar refractivity (Wildman–Crippen MR) is 89.2 cm³/mol. The summed E-state index contributed by atoms with van der Waals surface area (Å²) in [6.45, 7) is 6.44. The first-order valence-corrected chi connectivity index (χ1v) is 7.75. The molecule has 0 amide bonds. The molecule has 3 nitrogen and oxygen atoms in total. The molecule has 114 valence electrons. The summed E-state index contributed by atoms with van der Waals surface area (Å²) in [6.07, 6.45) is 0.745. The largest absolute Gasteiger partial charge is 0.390 e. The van der Waals surface area contributed by atoms with Gasteiger partial charge in [-0.2, -0.15) is 0 Å². The normalized spacial score (nSPS) is 11.5. The van der Waals surface area contributed by atoms with Crippen LogP contribution in [-0.4, -0.2) is 14.5 Å². The topological polar surface area (TPSA) is 37.5 Å². The summed E-state index contributed by atoms with van der Waals surface area (Å²) in [5.74, 6) is 0.542. The number of fused-ring (bicyclic) bond motifs is 1. The summed E-state index contributed by atoms with van der Waals surface area (Å²) in [6, 6.07) is 14.7. The highest BCUT2D eigenvalue weighted by molar-refractivity contribution is 5.46. The van der Waals surface area contributed by atoms with E-state index in [-0.39, 0.29) is 6.61 Å². The Morgan fingerprint density at radius 3 is 2.45 bits per heavy atom. The van der Waals surface area contributed by atoms with Crippen molar-refractivity contribution in [2.24, 2.45) is 0 Å². The van der Waals surface area contributed by atoms with Crippen molar-refractivity contribution in [3.8, 4) is 0 Å². The fourth-order valence-electron chi connectivity index (χ4n) is 2.89. The van der Waals surface area contributed by atoms with E-state index < -0.39 is 0 Å². The number of benzene rings is 1. The van der Waals surface area contributed by atoms with Crippen LogP contribution in [0.3, 0.4) is 0 Å². The Kier molecular flexibility index (Phi) is 3.99. The van der Waals surface area contributed by atoms with Gasteiger partial charge in [-0.15, -0.1) is 0 Å². The van der Waals surface area contributed by atoms with Crippen molar-refractivity contribution < 1.29 is 5.11 Å². The van der Waals surface area contributed by atoms with Gasteiger partial charge in [-0.25, -0.2) is 4.98 Å². The lowest BCUT2D eigenvalue weighted by atomic mass is 10.00. The summed E-state index contributed by atoms with van der Waals surface area (Å²) in [5, 5.41) is 9.76. The van der Waals surface area contributed by atoms with Gasteiger partial charge in [0.05, 0.1) is 18.0 Å². The van der Waals surface area contributed by atoms with Gasteiger partial charge in [0.1, 0.15) is 5.65 Å². The second-order valence-corrected chi connectivity index (χ2v) is 6.10. The lowest BCUT2D eigenvalue weighted by Gasteiger charge is -2.07. The fraction of sp³-hybridized carbons (Fsp3) is 0.316. The van der Waals surface area contributed by atoms with Gasteiger partial charge in [-0.05, 0) is 36.1 Å². The smallest absolute Gasteiger partial charge is 0.137 e. The van der Waals surface area contributed by atoms with E-state index in [9.17, 15) is 5.11 Å². The van der Waals surface area contributed by atoms with E-state index in [1.807, 2.05) is 29.5 Å². The third kappa shape index (κ3) is 2.64. The minimum absolute atomic E-state index is 0.00539. The van der Waals surface area contributed by atoms with Crippen molar-refractivity contribution >= 4 is 5.65 Å². The van der Waals surface area contributed by atoms with Crippen molar-refractivity contribution in [3.05, 3.63) is 70.7 Å². The molecule has 0 radical (unpaired) electrons. The van der Waals surface area contributed by atoms with Gasteiger partial charge in [0.15, 0.2) is 0 Å². The van der Waals surface area contributed by atoms with E-state index in [1.54, 1.807) is 0 Å². The number of aromatic nitrogens is 2. The molecule has 3 rings (SSSR count). The number of hydrogen-bond donors (Lipinski definition) is 1. The fourth-order valence-corrected chi connectivity index (χ4v) is 2.89. The zero-order valence-electron chi connectivity index (χ0n) is 13.4. The van der Waals surface area contributed by atoms with Crippen LogP contribution >= 0.6 is 0 Å². The van der Waals surface area contributed by atoms with Crippen LogP contribution in [0, 0.1) is 6.92 Å². The van der Waals surface area contributed by atoms with Crippen LogP contribution < -0.4 is 0 Å². The first-order valence-electron chi connectivity index (χ1n) is 7.75. The first-order chi connectivity index (χ1) is 10.6. The average molecular weight is 294 g/mol. The molecule has 3 heteroatoms. The number of aryl methyl sites for hydroxylation is 1. The molecule has 1 N–H and O–H groups in total. The molecule has 0 aliphatic heterocycles. The lowest BCUT2D eigenvalue weighted by molar-refractivity contribution is 0.274. The Hall–Kier alpha value is -2.13. The van der Waals surface area contributed by atoms with Gasteiger partial charge < -0.3 is 5.11 Å².